The summed E-state index contributed by atoms with van der Waals surface area (Å²) in [5.41, 5.74) is 0. The van der Waals surface area contributed by atoms with Gasteiger partial charge >= 0.3 is 6.18 Å². The molecule has 23 heavy (non-hydrogen) atoms. The Morgan fingerprint density at radius 2 is 1.57 bits per heavy atom. The van der Waals surface area contributed by atoms with Gasteiger partial charge in [-0.3, -0.25) is 9.59 Å². The molecule has 3 rings (SSSR count). The molecule has 1 heterocycles. The van der Waals surface area contributed by atoms with E-state index in [1.807, 2.05) is 0 Å². The minimum atomic E-state index is -4.35. The van der Waals surface area contributed by atoms with Crippen LogP contribution in [0.25, 0.3) is 0 Å². The first-order valence-electron chi connectivity index (χ1n) is 8.51. The first kappa shape index (κ1) is 16.6. The number of likely N-dealkylation sites (tertiary alicyclic amines) is 1. The molecule has 3 fully saturated rings. The average molecular weight is 332 g/mol. The van der Waals surface area contributed by atoms with E-state index in [1.54, 1.807) is 4.90 Å². The van der Waals surface area contributed by atoms with E-state index in [0.717, 1.165) is 24.2 Å². The highest BCUT2D eigenvalue weighted by Crippen LogP contribution is 2.34. The van der Waals surface area contributed by atoms with Crippen molar-refractivity contribution in [1.29, 1.82) is 0 Å². The highest BCUT2D eigenvalue weighted by Gasteiger charge is 2.42. The van der Waals surface area contributed by atoms with E-state index in [9.17, 15) is 22.8 Å². The van der Waals surface area contributed by atoms with E-state index in [4.69, 9.17) is 0 Å². The average Bonchev–Trinajstić information content (AvgIpc) is 3.26. The zero-order chi connectivity index (χ0) is 16.6. The van der Waals surface area contributed by atoms with Crippen molar-refractivity contribution >= 4 is 11.8 Å². The molecule has 0 spiro atoms. The van der Waals surface area contributed by atoms with Crippen molar-refractivity contribution in [1.82, 2.24) is 9.80 Å². The normalized spacial score (nSPS) is 23.5. The third-order valence-electron chi connectivity index (χ3n) is 5.23. The molecule has 0 aromatic rings. The number of nitrogens with zero attached hydrogens (tertiary/aromatic N) is 2. The maximum absolute atomic E-state index is 12.8. The lowest BCUT2D eigenvalue weighted by Gasteiger charge is -2.41. The Hall–Kier alpha value is -1.27. The summed E-state index contributed by atoms with van der Waals surface area (Å²) in [5, 5.41) is 0. The van der Waals surface area contributed by atoms with Crippen molar-refractivity contribution in [3.8, 4) is 0 Å². The number of hydrogen-bond acceptors (Lipinski definition) is 2. The van der Waals surface area contributed by atoms with Crippen molar-refractivity contribution in [2.24, 2.45) is 11.8 Å². The molecule has 130 valence electrons. The number of alkyl halides is 3. The van der Waals surface area contributed by atoms with E-state index in [2.05, 4.69) is 0 Å². The fourth-order valence-electron chi connectivity index (χ4n) is 3.45. The lowest BCUT2D eigenvalue weighted by Crippen LogP contribution is -2.52. The van der Waals surface area contributed by atoms with Gasteiger partial charge in [-0.15, -0.1) is 0 Å². The molecule has 2 aliphatic carbocycles. The molecule has 2 saturated carbocycles. The fraction of sp³-hybridized carbons (Fsp3) is 0.875. The Morgan fingerprint density at radius 1 is 0.957 bits per heavy atom. The molecule has 7 heteroatoms. The number of halogens is 3. The molecule has 2 amide bonds. The van der Waals surface area contributed by atoms with Gasteiger partial charge in [-0.2, -0.15) is 13.2 Å². The lowest BCUT2D eigenvalue weighted by atomic mass is 9.88. The number of piperidine rings is 1. The Bertz CT molecular complexity index is 464. The number of carbonyl (C=O) groups excluding carboxylic acids is 2. The van der Waals surface area contributed by atoms with Gasteiger partial charge in [-0.25, -0.2) is 0 Å². The van der Waals surface area contributed by atoms with Crippen LogP contribution in [0.2, 0.25) is 0 Å². The summed E-state index contributed by atoms with van der Waals surface area (Å²) >= 11 is 0. The molecule has 0 bridgehead atoms. The smallest absolute Gasteiger partial charge is 0.342 e. The van der Waals surface area contributed by atoms with Gasteiger partial charge in [-0.1, -0.05) is 0 Å². The SMILES string of the molecule is O=C(C1CC1)N1CCC(C(=O)N(CC(F)(F)F)C2CCC2)CC1. The van der Waals surface area contributed by atoms with E-state index < -0.39 is 12.7 Å². The molecule has 4 nitrogen and oxygen atoms in total. The Labute approximate surface area is 134 Å². The third kappa shape index (κ3) is 3.98. The monoisotopic (exact) mass is 332 g/mol. The highest BCUT2D eigenvalue weighted by molar-refractivity contribution is 5.82. The molecule has 0 unspecified atom stereocenters. The maximum atomic E-state index is 12.8. The predicted octanol–water partition coefficient (Wildman–Crippen LogP) is 2.58. The number of amides is 2. The Balaban J connectivity index is 1.56. The van der Waals surface area contributed by atoms with E-state index in [-0.39, 0.29) is 29.7 Å². The van der Waals surface area contributed by atoms with Crippen molar-refractivity contribution in [3.63, 3.8) is 0 Å². The third-order valence-corrected chi connectivity index (χ3v) is 5.23. The molecule has 0 aromatic carbocycles. The number of hydrogen-bond donors (Lipinski definition) is 0. The summed E-state index contributed by atoms with van der Waals surface area (Å²) in [7, 11) is 0. The second-order valence-electron chi connectivity index (χ2n) is 7.04. The van der Waals surface area contributed by atoms with Crippen LogP contribution in [0.4, 0.5) is 13.2 Å². The van der Waals surface area contributed by atoms with Crippen LogP contribution in [-0.2, 0) is 9.59 Å². The molecular formula is C16H23F3N2O2. The van der Waals surface area contributed by atoms with Crippen LogP contribution in [0.5, 0.6) is 0 Å². The van der Waals surface area contributed by atoms with Crippen LogP contribution in [0.1, 0.15) is 44.9 Å². The molecule has 0 atom stereocenters. The minimum Gasteiger partial charge on any atom is -0.342 e. The predicted molar refractivity (Wildman–Crippen MR) is 77.4 cm³/mol. The van der Waals surface area contributed by atoms with Gasteiger partial charge in [0.2, 0.25) is 11.8 Å². The summed E-state index contributed by atoms with van der Waals surface area (Å²) in [6, 6.07) is -0.254. The second kappa shape index (κ2) is 6.32. The largest absolute Gasteiger partial charge is 0.406 e. The van der Waals surface area contributed by atoms with Crippen LogP contribution < -0.4 is 0 Å². The topological polar surface area (TPSA) is 40.6 Å². The minimum absolute atomic E-state index is 0.152. The quantitative estimate of drug-likeness (QED) is 0.794. The van der Waals surface area contributed by atoms with Crippen LogP contribution in [0, 0.1) is 11.8 Å². The van der Waals surface area contributed by atoms with E-state index in [1.165, 1.54) is 0 Å². The zero-order valence-corrected chi connectivity index (χ0v) is 13.1. The fourth-order valence-corrected chi connectivity index (χ4v) is 3.45. The van der Waals surface area contributed by atoms with E-state index >= 15 is 0 Å². The van der Waals surface area contributed by atoms with Crippen LogP contribution in [0.15, 0.2) is 0 Å². The van der Waals surface area contributed by atoms with Crippen molar-refractivity contribution < 1.29 is 22.8 Å². The van der Waals surface area contributed by atoms with Gasteiger partial charge < -0.3 is 9.80 Å². The first-order chi connectivity index (χ1) is 10.8. The van der Waals surface area contributed by atoms with Gasteiger partial charge in [0.25, 0.3) is 0 Å². The molecule has 0 aromatic heterocycles. The number of carbonyl (C=O) groups is 2. The van der Waals surface area contributed by atoms with Crippen LogP contribution in [0.3, 0.4) is 0 Å². The molecule has 1 saturated heterocycles. The van der Waals surface area contributed by atoms with Gasteiger partial charge in [0.05, 0.1) is 0 Å². The van der Waals surface area contributed by atoms with Gasteiger partial charge in [0.1, 0.15) is 6.54 Å². The maximum Gasteiger partial charge on any atom is 0.406 e. The second-order valence-corrected chi connectivity index (χ2v) is 7.04. The van der Waals surface area contributed by atoms with Gasteiger partial charge in [0, 0.05) is 31.0 Å². The summed E-state index contributed by atoms with van der Waals surface area (Å²) in [6.07, 6.45) is 0.727. The summed E-state index contributed by atoms with van der Waals surface area (Å²) < 4.78 is 38.3. The zero-order valence-electron chi connectivity index (χ0n) is 13.1. The lowest BCUT2D eigenvalue weighted by molar-refractivity contribution is -0.172. The summed E-state index contributed by atoms with van der Waals surface area (Å²) in [4.78, 5) is 27.4. The molecule has 3 aliphatic rings. The Kier molecular flexibility index (Phi) is 4.56. The highest BCUT2D eigenvalue weighted by atomic mass is 19.4. The molecule has 1 aliphatic heterocycles. The summed E-state index contributed by atoms with van der Waals surface area (Å²) in [6.45, 7) is -0.149. The van der Waals surface area contributed by atoms with Crippen molar-refractivity contribution in [2.45, 2.75) is 57.2 Å². The molecule has 0 radical (unpaired) electrons. The van der Waals surface area contributed by atoms with Crippen molar-refractivity contribution in [2.75, 3.05) is 19.6 Å². The van der Waals surface area contributed by atoms with Gasteiger partial charge in [0.15, 0.2) is 0 Å². The van der Waals surface area contributed by atoms with Gasteiger partial charge in [-0.05, 0) is 44.9 Å². The molecular weight excluding hydrogens is 309 g/mol. The number of rotatable bonds is 4. The first-order valence-corrected chi connectivity index (χ1v) is 8.51. The molecule has 0 N–H and O–H groups in total. The van der Waals surface area contributed by atoms with E-state index in [0.29, 0.717) is 38.8 Å². The Morgan fingerprint density at radius 3 is 2.00 bits per heavy atom. The van der Waals surface area contributed by atoms with Crippen LogP contribution in [-0.4, -0.2) is 53.5 Å². The van der Waals surface area contributed by atoms with Crippen LogP contribution >= 0.6 is 0 Å². The van der Waals surface area contributed by atoms with Crippen molar-refractivity contribution in [3.05, 3.63) is 0 Å². The summed E-state index contributed by atoms with van der Waals surface area (Å²) in [5.74, 6) is -0.437. The standard InChI is InChI=1S/C16H23F3N2O2/c17-16(18,19)10-21(13-2-1-3-13)15(23)12-6-8-20(9-7-12)14(22)11-4-5-11/h11-13H,1-10H2.